The van der Waals surface area contributed by atoms with Crippen LogP contribution in [0.15, 0.2) is 36.4 Å². The monoisotopic (exact) mass is 466 g/mol. The van der Waals surface area contributed by atoms with Crippen molar-refractivity contribution in [1.82, 2.24) is 10.7 Å². The highest BCUT2D eigenvalue weighted by atomic mass is 19.1. The summed E-state index contributed by atoms with van der Waals surface area (Å²) in [7, 11) is 0. The molecule has 0 saturated carbocycles. The van der Waals surface area contributed by atoms with E-state index in [1.54, 1.807) is 27.7 Å². The van der Waals surface area contributed by atoms with E-state index in [1.165, 1.54) is 12.1 Å². The van der Waals surface area contributed by atoms with Gasteiger partial charge >= 0.3 is 6.09 Å². The SMILES string of the molecule is CC[C@H](NC(=O)OC(C)(C)C)C(=O)Nc1cccc(F)c1C(=O)NNc1cc(F)cc(F)c1. The Morgan fingerprint density at radius 3 is 2.24 bits per heavy atom. The number of anilines is 2. The van der Waals surface area contributed by atoms with E-state index in [4.69, 9.17) is 4.74 Å². The zero-order valence-corrected chi connectivity index (χ0v) is 18.5. The van der Waals surface area contributed by atoms with Gasteiger partial charge in [-0.15, -0.1) is 0 Å². The molecule has 2 rings (SSSR count). The number of nitrogens with one attached hydrogen (secondary N) is 4. The van der Waals surface area contributed by atoms with E-state index >= 15 is 0 Å². The maximum Gasteiger partial charge on any atom is 0.408 e. The van der Waals surface area contributed by atoms with Crippen LogP contribution in [0.4, 0.5) is 29.3 Å². The van der Waals surface area contributed by atoms with Crippen molar-refractivity contribution < 1.29 is 32.3 Å². The Labute approximate surface area is 188 Å². The zero-order valence-electron chi connectivity index (χ0n) is 18.5. The van der Waals surface area contributed by atoms with Gasteiger partial charge in [-0.25, -0.2) is 18.0 Å². The number of hydrogen-bond acceptors (Lipinski definition) is 5. The second kappa shape index (κ2) is 10.7. The van der Waals surface area contributed by atoms with Gasteiger partial charge in [0.1, 0.15) is 34.7 Å². The summed E-state index contributed by atoms with van der Waals surface area (Å²) in [6, 6.07) is 5.03. The van der Waals surface area contributed by atoms with E-state index in [1.807, 2.05) is 0 Å². The van der Waals surface area contributed by atoms with Crippen LogP contribution in [0.1, 0.15) is 44.5 Å². The molecule has 0 aliphatic carbocycles. The fourth-order valence-corrected chi connectivity index (χ4v) is 2.70. The lowest BCUT2D eigenvalue weighted by atomic mass is 10.1. The summed E-state index contributed by atoms with van der Waals surface area (Å²) >= 11 is 0. The molecule has 0 unspecified atom stereocenters. The largest absolute Gasteiger partial charge is 0.444 e. The van der Waals surface area contributed by atoms with Crippen LogP contribution in [0.3, 0.4) is 0 Å². The van der Waals surface area contributed by atoms with Crippen LogP contribution in [0.5, 0.6) is 0 Å². The molecule has 3 amide bonds. The third-order valence-electron chi connectivity index (χ3n) is 4.10. The van der Waals surface area contributed by atoms with Crippen LogP contribution in [0, 0.1) is 17.5 Å². The summed E-state index contributed by atoms with van der Waals surface area (Å²) in [6.45, 7) is 6.63. The van der Waals surface area contributed by atoms with E-state index in [0.717, 1.165) is 18.2 Å². The molecule has 0 spiro atoms. The number of carbonyl (C=O) groups excluding carboxylic acids is 3. The number of amides is 3. The van der Waals surface area contributed by atoms with E-state index in [0.29, 0.717) is 6.07 Å². The van der Waals surface area contributed by atoms with Crippen molar-refractivity contribution in [1.29, 1.82) is 0 Å². The molecule has 8 nitrogen and oxygen atoms in total. The van der Waals surface area contributed by atoms with Gasteiger partial charge in [-0.2, -0.15) is 0 Å². The third kappa shape index (κ3) is 7.70. The van der Waals surface area contributed by atoms with Crippen LogP contribution < -0.4 is 21.5 Å². The van der Waals surface area contributed by atoms with Gasteiger partial charge in [0, 0.05) is 6.07 Å². The van der Waals surface area contributed by atoms with E-state index in [9.17, 15) is 27.6 Å². The molecular formula is C22H25F3N4O4. The first-order valence-corrected chi connectivity index (χ1v) is 10.0. The number of ether oxygens (including phenoxy) is 1. The van der Waals surface area contributed by atoms with Crippen LogP contribution >= 0.6 is 0 Å². The Hall–Kier alpha value is -3.76. The molecular weight excluding hydrogens is 441 g/mol. The number of carbonyl (C=O) groups is 3. The van der Waals surface area contributed by atoms with Crippen molar-refractivity contribution in [3.05, 3.63) is 59.4 Å². The smallest absolute Gasteiger partial charge is 0.408 e. The molecule has 33 heavy (non-hydrogen) atoms. The Balaban J connectivity index is 2.14. The van der Waals surface area contributed by atoms with Crippen molar-refractivity contribution in [2.45, 2.75) is 45.8 Å². The maximum atomic E-state index is 14.4. The normalized spacial score (nSPS) is 11.8. The van der Waals surface area contributed by atoms with Crippen LogP contribution in [-0.2, 0) is 9.53 Å². The molecule has 2 aromatic carbocycles. The average molecular weight is 466 g/mol. The summed E-state index contributed by atoms with van der Waals surface area (Å²) < 4.78 is 46.2. The van der Waals surface area contributed by atoms with Gasteiger partial charge in [-0.3, -0.25) is 20.4 Å². The highest BCUT2D eigenvalue weighted by molar-refractivity contribution is 6.05. The Morgan fingerprint density at radius 2 is 1.67 bits per heavy atom. The summed E-state index contributed by atoms with van der Waals surface area (Å²) in [5.41, 5.74) is 2.82. The molecule has 0 aliphatic heterocycles. The molecule has 178 valence electrons. The van der Waals surface area contributed by atoms with Gasteiger partial charge in [0.05, 0.1) is 11.4 Å². The minimum atomic E-state index is -1.02. The predicted octanol–water partition coefficient (Wildman–Crippen LogP) is 4.10. The second-order valence-electron chi connectivity index (χ2n) is 8.00. The van der Waals surface area contributed by atoms with Crippen LogP contribution in [0.25, 0.3) is 0 Å². The van der Waals surface area contributed by atoms with Crippen molar-refractivity contribution in [3.63, 3.8) is 0 Å². The molecule has 0 radical (unpaired) electrons. The topological polar surface area (TPSA) is 109 Å². The molecule has 0 aromatic heterocycles. The van der Waals surface area contributed by atoms with Crippen molar-refractivity contribution in [2.24, 2.45) is 0 Å². The molecule has 0 heterocycles. The molecule has 0 aliphatic rings. The lowest BCUT2D eigenvalue weighted by molar-refractivity contribution is -0.118. The van der Waals surface area contributed by atoms with Crippen molar-refractivity contribution in [3.8, 4) is 0 Å². The predicted molar refractivity (Wildman–Crippen MR) is 116 cm³/mol. The Kier molecular flexibility index (Phi) is 8.27. The molecule has 1 atom stereocenters. The molecule has 2 aromatic rings. The second-order valence-corrected chi connectivity index (χ2v) is 8.00. The van der Waals surface area contributed by atoms with E-state index < -0.39 is 52.6 Å². The van der Waals surface area contributed by atoms with Gasteiger partial charge in [0.15, 0.2) is 0 Å². The Morgan fingerprint density at radius 1 is 1.03 bits per heavy atom. The fraction of sp³-hybridized carbons (Fsp3) is 0.318. The number of alkyl carbamates (subject to hydrolysis) is 1. The first-order chi connectivity index (χ1) is 15.4. The van der Waals surface area contributed by atoms with E-state index in [-0.39, 0.29) is 17.8 Å². The highest BCUT2D eigenvalue weighted by Gasteiger charge is 2.25. The lowest BCUT2D eigenvalue weighted by Crippen LogP contribution is -2.45. The third-order valence-corrected chi connectivity index (χ3v) is 4.10. The lowest BCUT2D eigenvalue weighted by Gasteiger charge is -2.23. The molecule has 4 N–H and O–H groups in total. The first kappa shape index (κ1) is 25.5. The van der Waals surface area contributed by atoms with Gasteiger partial charge in [-0.05, 0) is 51.5 Å². The summed E-state index contributed by atoms with van der Waals surface area (Å²) in [6.07, 6.45) is -0.623. The van der Waals surface area contributed by atoms with Crippen molar-refractivity contribution >= 4 is 29.3 Å². The molecule has 11 heteroatoms. The van der Waals surface area contributed by atoms with Gasteiger partial charge < -0.3 is 15.4 Å². The number of hydrogen-bond donors (Lipinski definition) is 4. The summed E-state index contributed by atoms with van der Waals surface area (Å²) in [4.78, 5) is 37.2. The minimum absolute atomic E-state index is 0.115. The van der Waals surface area contributed by atoms with Crippen molar-refractivity contribution in [2.75, 3.05) is 10.7 Å². The zero-order chi connectivity index (χ0) is 24.8. The van der Waals surface area contributed by atoms with Gasteiger partial charge in [0.2, 0.25) is 5.91 Å². The Bertz CT molecular complexity index is 1020. The molecule has 0 fully saturated rings. The van der Waals surface area contributed by atoms with Gasteiger partial charge in [-0.1, -0.05) is 13.0 Å². The molecule has 0 saturated heterocycles. The minimum Gasteiger partial charge on any atom is -0.444 e. The summed E-state index contributed by atoms with van der Waals surface area (Å²) in [5, 5.41) is 4.82. The van der Waals surface area contributed by atoms with E-state index in [2.05, 4.69) is 21.5 Å². The maximum absolute atomic E-state index is 14.4. The molecule has 0 bridgehead atoms. The summed E-state index contributed by atoms with van der Waals surface area (Å²) in [5.74, 6) is -4.43. The number of rotatable bonds is 7. The van der Waals surface area contributed by atoms with Crippen LogP contribution in [0.2, 0.25) is 0 Å². The average Bonchev–Trinajstić information content (AvgIpc) is 2.68. The fourth-order valence-electron chi connectivity index (χ4n) is 2.70. The van der Waals surface area contributed by atoms with Crippen LogP contribution in [-0.4, -0.2) is 29.6 Å². The standard InChI is InChI=1S/C22H25F3N4O4/c1-5-16(27-21(32)33-22(2,3)4)19(30)26-17-8-6-7-15(25)18(17)20(31)29-28-14-10-12(23)9-13(24)11-14/h6-11,16,28H,5H2,1-4H3,(H,26,30)(H,27,32)(H,29,31)/t16-/m0/s1. The first-order valence-electron chi connectivity index (χ1n) is 10.0. The van der Waals surface area contributed by atoms with Gasteiger partial charge in [0.25, 0.3) is 5.91 Å². The number of hydrazine groups is 1. The highest BCUT2D eigenvalue weighted by Crippen LogP contribution is 2.20. The quantitative estimate of drug-likeness (QED) is 0.460. The number of benzene rings is 2. The number of halogens is 3.